The van der Waals surface area contributed by atoms with Gasteiger partial charge in [-0.2, -0.15) is 10.2 Å². The van der Waals surface area contributed by atoms with E-state index in [4.69, 9.17) is 4.74 Å². The molecule has 4 heterocycles. The molecule has 4 aromatic rings. The average molecular weight is 473 g/mol. The minimum atomic E-state index is -0.671. The first-order valence-corrected chi connectivity index (χ1v) is 11.1. The summed E-state index contributed by atoms with van der Waals surface area (Å²) < 4.78 is 5.42. The summed E-state index contributed by atoms with van der Waals surface area (Å²) in [6, 6.07) is 8.77. The fourth-order valence-electron chi connectivity index (χ4n) is 4.36. The molecular formula is C24H23N7O4. The second-order valence-electron chi connectivity index (χ2n) is 8.21. The molecule has 0 saturated carbocycles. The number of fused-ring (bicyclic) bond motifs is 1. The molecule has 1 N–H and O–H groups in total. The maximum Gasteiger partial charge on any atom is 0.295 e. The van der Waals surface area contributed by atoms with Gasteiger partial charge in [-0.15, -0.1) is 4.80 Å². The number of carbonyl (C=O) groups excluding carboxylic acids is 3. The van der Waals surface area contributed by atoms with E-state index in [0.29, 0.717) is 34.6 Å². The third-order valence-electron chi connectivity index (χ3n) is 6.12. The molecule has 1 saturated heterocycles. The number of aromatic amines is 1. The lowest BCUT2D eigenvalue weighted by atomic mass is 10.1. The van der Waals surface area contributed by atoms with Crippen molar-refractivity contribution in [2.45, 2.75) is 13.0 Å². The summed E-state index contributed by atoms with van der Waals surface area (Å²) in [5, 5.41) is 8.62. The van der Waals surface area contributed by atoms with Gasteiger partial charge in [-0.25, -0.2) is 4.98 Å². The molecule has 0 bridgehead atoms. The number of nitrogens with zero attached hydrogens (tertiary/aromatic N) is 6. The number of benzene rings is 1. The van der Waals surface area contributed by atoms with Crippen LogP contribution in [0.2, 0.25) is 0 Å². The predicted molar refractivity (Wildman–Crippen MR) is 125 cm³/mol. The molecule has 0 aliphatic carbocycles. The van der Waals surface area contributed by atoms with Gasteiger partial charge in [0, 0.05) is 37.4 Å². The van der Waals surface area contributed by atoms with E-state index in [-0.39, 0.29) is 30.6 Å². The molecule has 35 heavy (non-hydrogen) atoms. The van der Waals surface area contributed by atoms with Crippen LogP contribution in [0.25, 0.3) is 16.7 Å². The molecule has 11 heteroatoms. The fourth-order valence-corrected chi connectivity index (χ4v) is 4.36. The summed E-state index contributed by atoms with van der Waals surface area (Å²) in [4.78, 5) is 51.3. The third kappa shape index (κ3) is 3.90. The quantitative estimate of drug-likeness (QED) is 0.345. The number of carbonyl (C=O) groups is 3. The van der Waals surface area contributed by atoms with Crippen molar-refractivity contribution in [3.63, 3.8) is 0 Å². The first-order chi connectivity index (χ1) is 17.0. The van der Waals surface area contributed by atoms with Crippen LogP contribution < -0.4 is 4.74 Å². The van der Waals surface area contributed by atoms with Crippen LogP contribution in [0.1, 0.15) is 27.6 Å². The molecule has 178 valence electrons. The number of pyridine rings is 1. The average Bonchev–Trinajstić information content (AvgIpc) is 3.58. The smallest absolute Gasteiger partial charge is 0.295 e. The zero-order valence-electron chi connectivity index (χ0n) is 19.2. The van der Waals surface area contributed by atoms with Gasteiger partial charge in [0.15, 0.2) is 5.82 Å². The minimum Gasteiger partial charge on any atom is -0.494 e. The van der Waals surface area contributed by atoms with Crippen molar-refractivity contribution in [3.05, 3.63) is 66.2 Å². The summed E-state index contributed by atoms with van der Waals surface area (Å²) in [5.41, 5.74) is 1.24. The van der Waals surface area contributed by atoms with Crippen LogP contribution in [-0.2, 0) is 4.79 Å². The number of piperazine rings is 1. The maximum atomic E-state index is 13.3. The van der Waals surface area contributed by atoms with Crippen LogP contribution in [0.15, 0.2) is 55.1 Å². The van der Waals surface area contributed by atoms with Gasteiger partial charge in [0.2, 0.25) is 0 Å². The lowest BCUT2D eigenvalue weighted by molar-refractivity contribution is -0.128. The summed E-state index contributed by atoms with van der Waals surface area (Å²) in [5.74, 6) is -0.679. The summed E-state index contributed by atoms with van der Waals surface area (Å²) in [6.45, 7) is 2.72. The first kappa shape index (κ1) is 22.3. The van der Waals surface area contributed by atoms with Crippen molar-refractivity contribution in [2.75, 3.05) is 26.7 Å². The van der Waals surface area contributed by atoms with Gasteiger partial charge in [0.1, 0.15) is 5.75 Å². The monoisotopic (exact) mass is 473 g/mol. The van der Waals surface area contributed by atoms with E-state index in [1.807, 2.05) is 25.1 Å². The minimum absolute atomic E-state index is 0.0925. The highest BCUT2D eigenvalue weighted by Crippen LogP contribution is 2.31. The highest BCUT2D eigenvalue weighted by molar-refractivity contribution is 6.45. The van der Waals surface area contributed by atoms with Gasteiger partial charge in [-0.3, -0.25) is 14.4 Å². The Hall–Kier alpha value is -4.54. The van der Waals surface area contributed by atoms with Crippen molar-refractivity contribution < 1.29 is 19.1 Å². The number of hydrogen-bond acceptors (Lipinski definition) is 7. The summed E-state index contributed by atoms with van der Waals surface area (Å²) in [6.07, 6.45) is 5.96. The molecule has 1 aliphatic rings. The molecule has 1 aliphatic heterocycles. The van der Waals surface area contributed by atoms with E-state index in [2.05, 4.69) is 20.2 Å². The Morgan fingerprint density at radius 1 is 1.09 bits per heavy atom. The molecular weight excluding hydrogens is 450 g/mol. The van der Waals surface area contributed by atoms with Crippen molar-refractivity contribution in [1.29, 1.82) is 0 Å². The van der Waals surface area contributed by atoms with E-state index in [1.165, 1.54) is 41.6 Å². The second kappa shape index (κ2) is 9.01. The molecule has 1 atom stereocenters. The van der Waals surface area contributed by atoms with Crippen LogP contribution in [0.4, 0.5) is 0 Å². The molecule has 1 unspecified atom stereocenters. The van der Waals surface area contributed by atoms with E-state index < -0.39 is 11.7 Å². The number of aromatic nitrogens is 5. The van der Waals surface area contributed by atoms with Crippen molar-refractivity contribution in [3.8, 4) is 11.6 Å². The maximum absolute atomic E-state index is 13.3. The second-order valence-corrected chi connectivity index (χ2v) is 8.21. The zero-order chi connectivity index (χ0) is 24.5. The fraction of sp³-hybridized carbons (Fsp3) is 0.250. The van der Waals surface area contributed by atoms with Crippen molar-refractivity contribution in [2.24, 2.45) is 0 Å². The molecule has 1 fully saturated rings. The van der Waals surface area contributed by atoms with Crippen LogP contribution in [-0.4, -0.2) is 85.1 Å². The highest BCUT2D eigenvalue weighted by atomic mass is 16.5. The Bertz CT molecular complexity index is 1400. The highest BCUT2D eigenvalue weighted by Gasteiger charge is 2.34. The van der Waals surface area contributed by atoms with Gasteiger partial charge >= 0.3 is 0 Å². The van der Waals surface area contributed by atoms with E-state index >= 15 is 0 Å². The van der Waals surface area contributed by atoms with Crippen LogP contribution in [0.5, 0.6) is 5.75 Å². The van der Waals surface area contributed by atoms with Gasteiger partial charge in [-0.1, -0.05) is 18.2 Å². The third-order valence-corrected chi connectivity index (χ3v) is 6.12. The molecule has 3 aromatic heterocycles. The molecule has 0 spiro atoms. The standard InChI is InChI=1S/C24H23N7O4/c1-15-14-29(10-11-30(15)23(33)16-6-4-3-5-7-16)24(34)21(32)17-12-25-20-19(17)18(35-2)13-26-22(20)31-27-8-9-28-31/h3-9,12-13,15,25H,10-11,14H2,1-2H3. The van der Waals surface area contributed by atoms with Gasteiger partial charge in [-0.05, 0) is 19.1 Å². The lowest BCUT2D eigenvalue weighted by Gasteiger charge is -2.39. The van der Waals surface area contributed by atoms with E-state index in [1.54, 1.807) is 17.0 Å². The van der Waals surface area contributed by atoms with Crippen molar-refractivity contribution in [1.82, 2.24) is 34.8 Å². The Morgan fingerprint density at radius 2 is 1.83 bits per heavy atom. The Balaban J connectivity index is 1.39. The van der Waals surface area contributed by atoms with Crippen LogP contribution in [0, 0.1) is 0 Å². The Labute approximate surface area is 200 Å². The molecule has 5 rings (SSSR count). The van der Waals surface area contributed by atoms with Gasteiger partial charge < -0.3 is 19.5 Å². The normalized spacial score (nSPS) is 15.9. The molecule has 1 aromatic carbocycles. The Morgan fingerprint density at radius 3 is 2.51 bits per heavy atom. The summed E-state index contributed by atoms with van der Waals surface area (Å²) >= 11 is 0. The first-order valence-electron chi connectivity index (χ1n) is 11.1. The molecule has 0 radical (unpaired) electrons. The van der Waals surface area contributed by atoms with Gasteiger partial charge in [0.25, 0.3) is 17.6 Å². The largest absolute Gasteiger partial charge is 0.494 e. The van der Waals surface area contributed by atoms with E-state index in [9.17, 15) is 14.4 Å². The van der Waals surface area contributed by atoms with E-state index in [0.717, 1.165) is 0 Å². The number of Topliss-reactive ketones (excluding diaryl/α,β-unsaturated/α-hetero) is 1. The number of hydrogen-bond donors (Lipinski definition) is 1. The van der Waals surface area contributed by atoms with Gasteiger partial charge in [0.05, 0.1) is 42.2 Å². The number of H-pyrrole nitrogens is 1. The number of methoxy groups -OCH3 is 1. The molecule has 2 amide bonds. The number of amides is 2. The van der Waals surface area contributed by atoms with Crippen LogP contribution >= 0.6 is 0 Å². The zero-order valence-corrected chi connectivity index (χ0v) is 19.2. The number of rotatable bonds is 5. The number of ketones is 1. The lowest BCUT2D eigenvalue weighted by Crippen LogP contribution is -2.56. The molecule has 11 nitrogen and oxygen atoms in total. The number of ether oxygens (including phenoxy) is 1. The van der Waals surface area contributed by atoms with Crippen molar-refractivity contribution >= 4 is 28.5 Å². The topological polar surface area (TPSA) is 126 Å². The SMILES string of the molecule is COc1cnc(-n2nccn2)c2[nH]cc(C(=O)C(=O)N3CCN(C(=O)c4ccccc4)C(C)C3)c12. The summed E-state index contributed by atoms with van der Waals surface area (Å²) in [7, 11) is 1.47. The predicted octanol–water partition coefficient (Wildman–Crippen LogP) is 1.71. The number of nitrogens with one attached hydrogen (secondary N) is 1. The Kier molecular flexibility index (Phi) is 5.73. The van der Waals surface area contributed by atoms with Crippen LogP contribution in [0.3, 0.4) is 0 Å².